The van der Waals surface area contributed by atoms with Crippen molar-refractivity contribution in [2.75, 3.05) is 6.61 Å². The average molecular weight is 380 g/mol. The Hall–Kier alpha value is -3.52. The molecule has 1 atom stereocenters. The molecule has 4 rings (SSSR count). The average Bonchev–Trinajstić information content (AvgIpc) is 3.15. The first-order valence-electron chi connectivity index (χ1n) is 8.67. The zero-order chi connectivity index (χ0) is 19.5. The Bertz CT molecular complexity index is 1140. The fraction of sp³-hybridized carbons (Fsp3) is 0.150. The highest BCUT2D eigenvalue weighted by Gasteiger charge is 2.14. The number of para-hydroxylation sites is 1. The molecule has 1 N–H and O–H groups in total. The van der Waals surface area contributed by atoms with Gasteiger partial charge in [-0.25, -0.2) is 14.1 Å². The normalized spacial score (nSPS) is 12.2. The summed E-state index contributed by atoms with van der Waals surface area (Å²) in [5, 5.41) is 14.7. The zero-order valence-electron chi connectivity index (χ0n) is 14.8. The van der Waals surface area contributed by atoms with Crippen LogP contribution in [0.4, 0.5) is 4.39 Å². The third-order valence-electron chi connectivity index (χ3n) is 4.22. The number of hydrogen-bond donors (Lipinski definition) is 1. The van der Waals surface area contributed by atoms with Crippen molar-refractivity contribution in [3.63, 3.8) is 0 Å². The number of fused-ring (bicyclic) bond motifs is 1. The maximum atomic E-state index is 13.1. The largest absolute Gasteiger partial charge is 0.491 e. The Morgan fingerprint density at radius 2 is 1.86 bits per heavy atom. The molecular formula is C20H17FN4O3. The van der Waals surface area contributed by atoms with Crippen molar-refractivity contribution in [1.82, 2.24) is 19.3 Å². The van der Waals surface area contributed by atoms with Gasteiger partial charge < -0.3 is 9.84 Å². The van der Waals surface area contributed by atoms with Crippen molar-refractivity contribution in [2.45, 2.75) is 12.6 Å². The molecule has 0 spiro atoms. The van der Waals surface area contributed by atoms with Gasteiger partial charge in [-0.1, -0.05) is 18.2 Å². The van der Waals surface area contributed by atoms with E-state index in [0.29, 0.717) is 22.5 Å². The molecule has 0 radical (unpaired) electrons. The number of halogens is 1. The van der Waals surface area contributed by atoms with Crippen LogP contribution in [0.1, 0.15) is 0 Å². The third kappa shape index (κ3) is 3.63. The van der Waals surface area contributed by atoms with Crippen LogP contribution in [0, 0.1) is 5.82 Å². The van der Waals surface area contributed by atoms with E-state index in [0.717, 1.165) is 0 Å². The number of rotatable bonds is 6. The molecule has 0 amide bonds. The molecule has 0 aliphatic rings. The monoisotopic (exact) mass is 380 g/mol. The molecule has 2 aromatic carbocycles. The van der Waals surface area contributed by atoms with Crippen molar-refractivity contribution in [3.8, 4) is 11.4 Å². The minimum absolute atomic E-state index is 0.0380. The summed E-state index contributed by atoms with van der Waals surface area (Å²) in [6.45, 7) is 0.0830. The quantitative estimate of drug-likeness (QED) is 0.554. The van der Waals surface area contributed by atoms with Crippen LogP contribution in [0.25, 0.3) is 16.7 Å². The van der Waals surface area contributed by atoms with E-state index in [-0.39, 0.29) is 24.5 Å². The molecular weight excluding hydrogens is 363 g/mol. The number of ether oxygens (including phenoxy) is 1. The number of aliphatic hydroxyl groups excluding tert-OH is 1. The van der Waals surface area contributed by atoms with E-state index in [1.807, 2.05) is 18.2 Å². The van der Waals surface area contributed by atoms with Gasteiger partial charge in [-0.2, -0.15) is 5.10 Å². The van der Waals surface area contributed by atoms with E-state index in [9.17, 15) is 14.3 Å². The first kappa shape index (κ1) is 17.9. The van der Waals surface area contributed by atoms with Crippen LogP contribution in [-0.2, 0) is 6.54 Å². The highest BCUT2D eigenvalue weighted by Crippen LogP contribution is 2.14. The minimum Gasteiger partial charge on any atom is -0.491 e. The first-order chi connectivity index (χ1) is 13.6. The molecule has 0 fully saturated rings. The molecule has 2 aromatic heterocycles. The van der Waals surface area contributed by atoms with Crippen LogP contribution in [0.5, 0.6) is 5.75 Å². The van der Waals surface area contributed by atoms with Gasteiger partial charge >= 0.3 is 0 Å². The summed E-state index contributed by atoms with van der Waals surface area (Å²) >= 11 is 0. The second kappa shape index (κ2) is 7.61. The van der Waals surface area contributed by atoms with Crippen molar-refractivity contribution >= 4 is 11.0 Å². The zero-order valence-corrected chi connectivity index (χ0v) is 14.8. The first-order valence-corrected chi connectivity index (χ1v) is 8.67. The second-order valence-corrected chi connectivity index (χ2v) is 6.25. The topological polar surface area (TPSA) is 82.2 Å². The van der Waals surface area contributed by atoms with Crippen molar-refractivity contribution in [2.24, 2.45) is 0 Å². The molecule has 0 bridgehead atoms. The van der Waals surface area contributed by atoms with Gasteiger partial charge in [-0.3, -0.25) is 9.36 Å². The number of benzene rings is 2. The fourth-order valence-electron chi connectivity index (χ4n) is 2.84. The molecule has 0 saturated heterocycles. The molecule has 2 heterocycles. The molecule has 4 aromatic rings. The van der Waals surface area contributed by atoms with Crippen LogP contribution >= 0.6 is 0 Å². The minimum atomic E-state index is -0.885. The lowest BCUT2D eigenvalue weighted by atomic mass is 10.3. The number of hydrogen-bond acceptors (Lipinski definition) is 5. The predicted molar refractivity (Wildman–Crippen MR) is 101 cm³/mol. The van der Waals surface area contributed by atoms with E-state index in [4.69, 9.17) is 4.74 Å². The van der Waals surface area contributed by atoms with E-state index in [1.54, 1.807) is 24.3 Å². The van der Waals surface area contributed by atoms with Gasteiger partial charge in [0.05, 0.1) is 18.4 Å². The summed E-state index contributed by atoms with van der Waals surface area (Å²) in [5.41, 5.74) is 0.636. The molecule has 0 aliphatic carbocycles. The van der Waals surface area contributed by atoms with Crippen LogP contribution in [0.2, 0.25) is 0 Å². The molecule has 7 nitrogen and oxygen atoms in total. The Morgan fingerprint density at radius 1 is 1.11 bits per heavy atom. The maximum Gasteiger partial charge on any atom is 0.264 e. The second-order valence-electron chi connectivity index (χ2n) is 6.25. The molecule has 0 unspecified atom stereocenters. The van der Waals surface area contributed by atoms with Crippen LogP contribution in [0.3, 0.4) is 0 Å². The van der Waals surface area contributed by atoms with Gasteiger partial charge in [0.25, 0.3) is 5.56 Å². The third-order valence-corrected chi connectivity index (χ3v) is 4.22. The Balaban J connectivity index is 1.53. The van der Waals surface area contributed by atoms with Crippen LogP contribution < -0.4 is 10.3 Å². The van der Waals surface area contributed by atoms with Gasteiger partial charge in [-0.05, 0) is 36.4 Å². The highest BCUT2D eigenvalue weighted by atomic mass is 19.1. The van der Waals surface area contributed by atoms with E-state index < -0.39 is 6.10 Å². The Kier molecular flexibility index (Phi) is 4.86. The number of aromatic nitrogens is 4. The lowest BCUT2D eigenvalue weighted by Crippen LogP contribution is -2.30. The van der Waals surface area contributed by atoms with Gasteiger partial charge in [0, 0.05) is 0 Å². The lowest BCUT2D eigenvalue weighted by Gasteiger charge is -2.13. The van der Waals surface area contributed by atoms with Crippen molar-refractivity contribution in [1.29, 1.82) is 0 Å². The van der Waals surface area contributed by atoms with Gasteiger partial charge in [-0.15, -0.1) is 0 Å². The molecule has 142 valence electrons. The number of aliphatic hydroxyl groups is 1. The molecule has 28 heavy (non-hydrogen) atoms. The summed E-state index contributed by atoms with van der Waals surface area (Å²) in [7, 11) is 0. The maximum absolute atomic E-state index is 13.1. The van der Waals surface area contributed by atoms with E-state index in [2.05, 4.69) is 10.1 Å². The summed E-state index contributed by atoms with van der Waals surface area (Å²) in [5.74, 6) is 0.283. The molecule has 0 saturated carbocycles. The lowest BCUT2D eigenvalue weighted by molar-refractivity contribution is 0.0915. The summed E-state index contributed by atoms with van der Waals surface area (Å²) in [6, 6.07) is 14.9. The Morgan fingerprint density at radius 3 is 2.61 bits per heavy atom. The SMILES string of the molecule is O=c1c2cnn(-c3ccc(F)cc3)c2ncn1C[C@H](O)COc1ccccc1. The smallest absolute Gasteiger partial charge is 0.264 e. The van der Waals surface area contributed by atoms with E-state index in [1.165, 1.54) is 33.9 Å². The molecule has 8 heteroatoms. The highest BCUT2D eigenvalue weighted by molar-refractivity contribution is 5.74. The van der Waals surface area contributed by atoms with Gasteiger partial charge in [0.2, 0.25) is 0 Å². The Labute approximate surface area is 159 Å². The van der Waals surface area contributed by atoms with E-state index >= 15 is 0 Å². The standard InChI is InChI=1S/C20H17FN4O3/c21-14-6-8-15(9-7-14)25-19-18(10-23-25)20(27)24(13-22-19)11-16(26)12-28-17-4-2-1-3-5-17/h1-10,13,16,26H,11-12H2/t16-/m0/s1. The van der Waals surface area contributed by atoms with Gasteiger partial charge in [0.15, 0.2) is 5.65 Å². The molecule has 0 aliphatic heterocycles. The summed E-state index contributed by atoms with van der Waals surface area (Å²) < 4.78 is 21.4. The predicted octanol–water partition coefficient (Wildman–Crippen LogP) is 2.16. The summed E-state index contributed by atoms with van der Waals surface area (Å²) in [6.07, 6.45) is 1.89. The van der Waals surface area contributed by atoms with Crippen LogP contribution in [0.15, 0.2) is 71.9 Å². The van der Waals surface area contributed by atoms with Crippen LogP contribution in [-0.4, -0.2) is 37.1 Å². The van der Waals surface area contributed by atoms with Crippen molar-refractivity contribution in [3.05, 3.63) is 83.3 Å². The summed E-state index contributed by atoms with van der Waals surface area (Å²) in [4.78, 5) is 17.0. The van der Waals surface area contributed by atoms with Gasteiger partial charge in [0.1, 0.15) is 36.0 Å². The van der Waals surface area contributed by atoms with Crippen molar-refractivity contribution < 1.29 is 14.2 Å². The fourth-order valence-corrected chi connectivity index (χ4v) is 2.84. The number of nitrogens with zero attached hydrogens (tertiary/aromatic N) is 4.